The van der Waals surface area contributed by atoms with Gasteiger partial charge < -0.3 is 4.18 Å². The zero-order chi connectivity index (χ0) is 15.1. The summed E-state index contributed by atoms with van der Waals surface area (Å²) < 4.78 is 29.0. The first-order valence-corrected chi connectivity index (χ1v) is 8.78. The molecule has 2 aromatic rings. The number of hydrogen-bond acceptors (Lipinski definition) is 4. The fourth-order valence-corrected chi connectivity index (χ4v) is 3.31. The molecule has 2 aromatic carbocycles. The molecule has 0 saturated carbocycles. The van der Waals surface area contributed by atoms with Crippen LogP contribution in [0.1, 0.15) is 5.56 Å². The van der Waals surface area contributed by atoms with Gasteiger partial charge in [-0.1, -0.05) is 36.3 Å². The minimum absolute atomic E-state index is 0.151. The number of thioether (sulfide) groups is 1. The normalized spacial score (nSPS) is 10.8. The zero-order valence-corrected chi connectivity index (χ0v) is 12.9. The van der Waals surface area contributed by atoms with Crippen molar-refractivity contribution in [2.75, 3.05) is 5.75 Å². The third-order valence-electron chi connectivity index (χ3n) is 2.56. The quantitative estimate of drug-likeness (QED) is 0.465. The highest BCUT2D eigenvalue weighted by molar-refractivity contribution is 7.99. The second-order valence-electron chi connectivity index (χ2n) is 4.24. The van der Waals surface area contributed by atoms with Gasteiger partial charge in [-0.25, -0.2) is 0 Å². The maximum absolute atomic E-state index is 12.0. The summed E-state index contributed by atoms with van der Waals surface area (Å²) in [6.45, 7) is 0. The standard InChI is InChI=1S/C16H14O3S2/c1-2-12-20-16-10-8-15(9-11-16)19-21(17,18)13-14-6-4-3-5-7-14/h1,3-11H,12-13H2. The first kappa shape index (κ1) is 15.5. The fourth-order valence-electron chi connectivity index (χ4n) is 1.67. The van der Waals surface area contributed by atoms with E-state index in [9.17, 15) is 8.42 Å². The molecule has 3 nitrogen and oxygen atoms in total. The van der Waals surface area contributed by atoms with Crippen molar-refractivity contribution in [2.24, 2.45) is 0 Å². The van der Waals surface area contributed by atoms with Crippen molar-refractivity contribution < 1.29 is 12.6 Å². The van der Waals surface area contributed by atoms with Crippen LogP contribution in [0.2, 0.25) is 0 Å². The number of terminal acetylenes is 1. The molecule has 0 radical (unpaired) electrons. The lowest BCUT2D eigenvalue weighted by Crippen LogP contribution is -2.11. The van der Waals surface area contributed by atoms with E-state index in [0.717, 1.165) is 4.90 Å². The van der Waals surface area contributed by atoms with Gasteiger partial charge in [-0.2, -0.15) is 8.42 Å². The van der Waals surface area contributed by atoms with Crippen LogP contribution in [0.5, 0.6) is 5.75 Å². The van der Waals surface area contributed by atoms with Crippen molar-refractivity contribution in [3.63, 3.8) is 0 Å². The second-order valence-corrected chi connectivity index (χ2v) is 6.85. The summed E-state index contributed by atoms with van der Waals surface area (Å²) in [7, 11) is -3.66. The molecule has 0 saturated heterocycles. The zero-order valence-electron chi connectivity index (χ0n) is 11.2. The largest absolute Gasteiger partial charge is 0.382 e. The number of benzene rings is 2. The fraction of sp³-hybridized carbons (Fsp3) is 0.125. The lowest BCUT2D eigenvalue weighted by atomic mass is 10.2. The van der Waals surface area contributed by atoms with E-state index in [1.807, 2.05) is 6.07 Å². The van der Waals surface area contributed by atoms with Crippen LogP contribution in [0.3, 0.4) is 0 Å². The summed E-state index contributed by atoms with van der Waals surface area (Å²) in [5, 5.41) is 0. The molecule has 0 aliphatic carbocycles. The molecule has 0 spiro atoms. The molecule has 2 rings (SSSR count). The maximum Gasteiger partial charge on any atom is 0.313 e. The first-order chi connectivity index (χ1) is 10.1. The van der Waals surface area contributed by atoms with Crippen molar-refractivity contribution in [3.8, 4) is 18.1 Å². The van der Waals surface area contributed by atoms with Crippen LogP contribution in [0.15, 0.2) is 59.5 Å². The Bertz CT molecular complexity index is 714. The maximum atomic E-state index is 12.0. The second kappa shape index (κ2) is 7.21. The Hall–Kier alpha value is -1.90. The molecule has 0 amide bonds. The Morgan fingerprint density at radius 1 is 1.05 bits per heavy atom. The van der Waals surface area contributed by atoms with Gasteiger partial charge in [0.15, 0.2) is 0 Å². The van der Waals surface area contributed by atoms with E-state index in [-0.39, 0.29) is 5.75 Å². The van der Waals surface area contributed by atoms with Crippen molar-refractivity contribution in [1.29, 1.82) is 0 Å². The highest BCUT2D eigenvalue weighted by Gasteiger charge is 2.13. The van der Waals surface area contributed by atoms with Crippen LogP contribution in [0.25, 0.3) is 0 Å². The van der Waals surface area contributed by atoms with E-state index in [1.54, 1.807) is 48.5 Å². The molecule has 0 atom stereocenters. The van der Waals surface area contributed by atoms with Gasteiger partial charge in [-0.3, -0.25) is 0 Å². The van der Waals surface area contributed by atoms with Gasteiger partial charge in [0.05, 0.1) is 5.75 Å². The molecular weight excluding hydrogens is 304 g/mol. The van der Waals surface area contributed by atoms with Gasteiger partial charge in [-0.15, -0.1) is 18.2 Å². The molecule has 0 aliphatic heterocycles. The summed E-state index contributed by atoms with van der Waals surface area (Å²) in [6, 6.07) is 15.8. The van der Waals surface area contributed by atoms with Crippen LogP contribution >= 0.6 is 11.8 Å². The lowest BCUT2D eigenvalue weighted by molar-refractivity contribution is 0.485. The smallest absolute Gasteiger partial charge is 0.313 e. The third-order valence-corrected chi connectivity index (χ3v) is 4.61. The molecule has 108 valence electrons. The third kappa shape index (κ3) is 5.18. The summed E-state index contributed by atoms with van der Waals surface area (Å²) in [6.07, 6.45) is 5.19. The summed E-state index contributed by atoms with van der Waals surface area (Å²) in [4.78, 5) is 0.973. The number of rotatable bonds is 6. The minimum atomic E-state index is -3.66. The van der Waals surface area contributed by atoms with Crippen molar-refractivity contribution in [1.82, 2.24) is 0 Å². The Morgan fingerprint density at radius 3 is 2.33 bits per heavy atom. The van der Waals surface area contributed by atoms with Gasteiger partial charge in [0, 0.05) is 4.90 Å². The molecule has 0 heterocycles. The highest BCUT2D eigenvalue weighted by atomic mass is 32.2. The molecule has 0 fully saturated rings. The topological polar surface area (TPSA) is 43.4 Å². The average molecular weight is 318 g/mol. The highest BCUT2D eigenvalue weighted by Crippen LogP contribution is 2.22. The SMILES string of the molecule is C#CCSc1ccc(OS(=O)(=O)Cc2ccccc2)cc1. The van der Waals surface area contributed by atoms with Gasteiger partial charge in [0.1, 0.15) is 11.5 Å². The van der Waals surface area contributed by atoms with Crippen molar-refractivity contribution in [2.45, 2.75) is 10.6 Å². The molecular formula is C16H14O3S2. The Kier molecular flexibility index (Phi) is 5.32. The molecule has 0 aromatic heterocycles. The first-order valence-electron chi connectivity index (χ1n) is 6.21. The molecule has 0 N–H and O–H groups in total. The predicted octanol–water partition coefficient (Wildman–Crippen LogP) is 3.32. The van der Waals surface area contributed by atoms with Gasteiger partial charge >= 0.3 is 10.1 Å². The number of hydrogen-bond donors (Lipinski definition) is 0. The molecule has 0 bridgehead atoms. The van der Waals surface area contributed by atoms with Crippen molar-refractivity contribution in [3.05, 3.63) is 60.2 Å². The monoisotopic (exact) mass is 318 g/mol. The van der Waals surface area contributed by atoms with Gasteiger partial charge in [0.2, 0.25) is 0 Å². The van der Waals surface area contributed by atoms with Crippen LogP contribution < -0.4 is 4.18 Å². The molecule has 21 heavy (non-hydrogen) atoms. The molecule has 0 unspecified atom stereocenters. The Morgan fingerprint density at radius 2 is 1.71 bits per heavy atom. The summed E-state index contributed by atoms with van der Waals surface area (Å²) in [5.74, 6) is 3.26. The van der Waals surface area contributed by atoms with Crippen LogP contribution in [-0.4, -0.2) is 14.2 Å². The minimum Gasteiger partial charge on any atom is -0.382 e. The Labute approximate surface area is 129 Å². The summed E-state index contributed by atoms with van der Waals surface area (Å²) in [5.41, 5.74) is 0.693. The van der Waals surface area contributed by atoms with Gasteiger partial charge in [0.25, 0.3) is 0 Å². The van der Waals surface area contributed by atoms with Crippen LogP contribution in [-0.2, 0) is 15.9 Å². The van der Waals surface area contributed by atoms with Crippen LogP contribution in [0, 0.1) is 12.3 Å². The Balaban J connectivity index is 2.02. The van der Waals surface area contributed by atoms with E-state index < -0.39 is 10.1 Å². The lowest BCUT2D eigenvalue weighted by Gasteiger charge is -2.07. The van der Waals surface area contributed by atoms with E-state index in [4.69, 9.17) is 10.6 Å². The predicted molar refractivity (Wildman–Crippen MR) is 85.7 cm³/mol. The molecule has 5 heteroatoms. The summed E-state index contributed by atoms with van der Waals surface area (Å²) >= 11 is 1.51. The molecule has 0 aliphatic rings. The van der Waals surface area contributed by atoms with E-state index in [1.165, 1.54) is 11.8 Å². The van der Waals surface area contributed by atoms with Crippen LogP contribution in [0.4, 0.5) is 0 Å². The van der Waals surface area contributed by atoms with E-state index in [0.29, 0.717) is 17.1 Å². The van der Waals surface area contributed by atoms with E-state index >= 15 is 0 Å². The van der Waals surface area contributed by atoms with Crippen molar-refractivity contribution >= 4 is 21.9 Å². The van der Waals surface area contributed by atoms with E-state index in [2.05, 4.69) is 5.92 Å². The average Bonchev–Trinajstić information content (AvgIpc) is 2.47. The van der Waals surface area contributed by atoms with Gasteiger partial charge in [-0.05, 0) is 29.8 Å².